The van der Waals surface area contributed by atoms with Crippen molar-refractivity contribution in [2.75, 3.05) is 13.1 Å². The van der Waals surface area contributed by atoms with Crippen molar-refractivity contribution in [1.29, 1.82) is 0 Å². The molecule has 1 aliphatic heterocycles. The van der Waals surface area contributed by atoms with Gasteiger partial charge >= 0.3 is 12.2 Å². The van der Waals surface area contributed by atoms with Gasteiger partial charge in [0.25, 0.3) is 0 Å². The largest absolute Gasteiger partial charge is 0.416 e. The molecule has 168 valence electrons. The van der Waals surface area contributed by atoms with Crippen LogP contribution in [0.3, 0.4) is 0 Å². The monoisotopic (exact) mass is 502 g/mol. The third-order valence-electron chi connectivity index (χ3n) is 5.57. The Morgan fingerprint density at radius 3 is 2.52 bits per heavy atom. The molecule has 3 rings (SSSR count). The first-order chi connectivity index (χ1) is 14.5. The van der Waals surface area contributed by atoms with Crippen LogP contribution in [-0.4, -0.2) is 52.6 Å². The Hall–Kier alpha value is -2.13. The molecule has 0 aromatic heterocycles. The zero-order valence-electron chi connectivity index (χ0n) is 17.0. The van der Waals surface area contributed by atoms with Gasteiger partial charge in [0.05, 0.1) is 16.6 Å². The van der Waals surface area contributed by atoms with Gasteiger partial charge in [-0.1, -0.05) is 49.4 Å². The Morgan fingerprint density at radius 2 is 1.90 bits per heavy atom. The fourth-order valence-corrected chi connectivity index (χ4v) is 4.22. The van der Waals surface area contributed by atoms with Gasteiger partial charge in [0.15, 0.2) is 6.23 Å². The minimum atomic E-state index is -4.73. The van der Waals surface area contributed by atoms with E-state index in [1.54, 1.807) is 0 Å². The van der Waals surface area contributed by atoms with Gasteiger partial charge in [0, 0.05) is 18.7 Å². The Morgan fingerprint density at radius 1 is 1.26 bits per heavy atom. The maximum atomic E-state index is 14.5. The van der Waals surface area contributed by atoms with Gasteiger partial charge in [-0.25, -0.2) is 9.18 Å². The van der Waals surface area contributed by atoms with Crippen molar-refractivity contribution in [2.24, 2.45) is 0 Å². The van der Waals surface area contributed by atoms with Crippen LogP contribution in [0.25, 0.3) is 0 Å². The first-order valence-corrected chi connectivity index (χ1v) is 10.6. The van der Waals surface area contributed by atoms with E-state index in [-0.39, 0.29) is 29.1 Å². The summed E-state index contributed by atoms with van der Waals surface area (Å²) in [4.78, 5) is 15.4. The van der Waals surface area contributed by atoms with E-state index < -0.39 is 42.3 Å². The predicted molar refractivity (Wildman–Crippen MR) is 113 cm³/mol. The van der Waals surface area contributed by atoms with Gasteiger partial charge in [-0.15, -0.1) is 0 Å². The summed E-state index contributed by atoms with van der Waals surface area (Å²) >= 11 is 3.26. The van der Waals surface area contributed by atoms with Crippen LogP contribution >= 0.6 is 15.9 Å². The number of alkyl halides is 4. The minimum absolute atomic E-state index is 0.132. The summed E-state index contributed by atoms with van der Waals surface area (Å²) < 4.78 is 55.1. The van der Waals surface area contributed by atoms with Crippen LogP contribution in [0.2, 0.25) is 0 Å². The summed E-state index contributed by atoms with van der Waals surface area (Å²) in [6, 6.07) is 8.68. The molecule has 0 saturated carbocycles. The smallest absolute Gasteiger partial charge is 0.369 e. The number of carbonyl (C=O) groups is 1. The van der Waals surface area contributed by atoms with Crippen molar-refractivity contribution in [3.8, 4) is 0 Å². The molecule has 1 aromatic rings. The van der Waals surface area contributed by atoms with E-state index in [9.17, 15) is 27.5 Å². The molecular formula is C22H23BrF4N2O2. The molecule has 0 fully saturated rings. The fourth-order valence-electron chi connectivity index (χ4n) is 3.76. The van der Waals surface area contributed by atoms with Crippen molar-refractivity contribution < 1.29 is 27.5 Å². The Balaban J connectivity index is 1.92. The Kier molecular flexibility index (Phi) is 6.95. The van der Waals surface area contributed by atoms with E-state index in [0.717, 1.165) is 22.6 Å². The van der Waals surface area contributed by atoms with E-state index >= 15 is 0 Å². The van der Waals surface area contributed by atoms with Crippen LogP contribution in [0.4, 0.5) is 22.4 Å². The van der Waals surface area contributed by atoms with Crippen molar-refractivity contribution >= 4 is 22.0 Å². The van der Waals surface area contributed by atoms with Crippen LogP contribution in [0, 0.1) is 0 Å². The number of urea groups is 1. The second-order valence-corrected chi connectivity index (χ2v) is 8.54. The molecule has 0 radical (unpaired) electrons. The minimum Gasteiger partial charge on any atom is -0.369 e. The van der Waals surface area contributed by atoms with E-state index in [4.69, 9.17) is 0 Å². The molecule has 3 atom stereocenters. The number of hydrogen-bond donors (Lipinski definition) is 1. The van der Waals surface area contributed by atoms with Crippen molar-refractivity contribution in [1.82, 2.24) is 9.80 Å². The van der Waals surface area contributed by atoms with E-state index in [2.05, 4.69) is 15.9 Å². The van der Waals surface area contributed by atoms with Gasteiger partial charge in [-0.2, -0.15) is 13.2 Å². The van der Waals surface area contributed by atoms with Crippen LogP contribution in [-0.2, 0) is 0 Å². The number of nitrogens with zero attached hydrogens (tertiary/aromatic N) is 2. The van der Waals surface area contributed by atoms with Gasteiger partial charge in [0.1, 0.15) is 6.17 Å². The SMILES string of the molecule is CC1=C(Br)C(O)N(C[C@H](C)c2ccccc2)C(=O)N1CC1=C(C(F)(F)F)C=CCC1F. The number of aliphatic hydroxyl groups excluding tert-OH is 1. The van der Waals surface area contributed by atoms with Crippen LogP contribution in [0.1, 0.15) is 31.7 Å². The average molecular weight is 503 g/mol. The molecule has 1 aliphatic carbocycles. The number of allylic oxidation sites excluding steroid dienone is 4. The highest BCUT2D eigenvalue weighted by atomic mass is 79.9. The number of halogens is 5. The van der Waals surface area contributed by atoms with E-state index in [0.29, 0.717) is 0 Å². The standard InChI is InChI=1S/C22H23BrF4N2O2/c1-13(15-7-4-3-5-8-15)11-29-20(30)19(23)14(2)28(21(29)31)12-16-17(22(25,26)27)9-6-10-18(16)24/h3-9,13,18,20,30H,10-12H2,1-2H3/t13-,18?,20?/m0/s1. The quantitative estimate of drug-likeness (QED) is 0.530. The topological polar surface area (TPSA) is 43.8 Å². The lowest BCUT2D eigenvalue weighted by Gasteiger charge is -2.41. The fraction of sp³-hybridized carbons (Fsp3) is 0.409. The first kappa shape index (κ1) is 23.5. The summed E-state index contributed by atoms with van der Waals surface area (Å²) in [7, 11) is 0. The molecule has 1 aromatic carbocycles. The molecule has 1 N–H and O–H groups in total. The summed E-state index contributed by atoms with van der Waals surface area (Å²) in [6.07, 6.45) is -6.03. The van der Waals surface area contributed by atoms with Crippen molar-refractivity contribution in [3.63, 3.8) is 0 Å². The normalized spacial score (nSPS) is 23.7. The summed E-state index contributed by atoms with van der Waals surface area (Å²) in [5.74, 6) is -0.142. The Labute approximate surface area is 186 Å². The summed E-state index contributed by atoms with van der Waals surface area (Å²) in [5.41, 5.74) is -0.370. The molecule has 1 heterocycles. The average Bonchev–Trinajstić information content (AvgIpc) is 2.73. The number of rotatable bonds is 5. The zero-order chi connectivity index (χ0) is 22.9. The van der Waals surface area contributed by atoms with Gasteiger partial charge in [-0.05, 0) is 39.9 Å². The molecule has 0 spiro atoms. The molecule has 0 bridgehead atoms. The molecular weight excluding hydrogens is 480 g/mol. The lowest BCUT2D eigenvalue weighted by molar-refractivity contribution is -0.0902. The zero-order valence-corrected chi connectivity index (χ0v) is 18.6. The number of aliphatic hydroxyl groups is 1. The van der Waals surface area contributed by atoms with Gasteiger partial charge < -0.3 is 5.11 Å². The Bertz CT molecular complexity index is 927. The molecule has 9 heteroatoms. The van der Waals surface area contributed by atoms with E-state index in [1.165, 1.54) is 11.8 Å². The second-order valence-electron chi connectivity index (χ2n) is 7.68. The van der Waals surface area contributed by atoms with Gasteiger partial charge in [0.2, 0.25) is 0 Å². The van der Waals surface area contributed by atoms with E-state index in [1.807, 2.05) is 37.3 Å². The molecule has 2 unspecified atom stereocenters. The summed E-state index contributed by atoms with van der Waals surface area (Å²) in [5, 5.41) is 10.6. The van der Waals surface area contributed by atoms with Crippen LogP contribution in [0.5, 0.6) is 0 Å². The molecule has 4 nitrogen and oxygen atoms in total. The molecule has 0 saturated heterocycles. The highest BCUT2D eigenvalue weighted by Gasteiger charge is 2.42. The number of carbonyl (C=O) groups excluding carboxylic acids is 1. The predicted octanol–water partition coefficient (Wildman–Crippen LogP) is 5.63. The maximum Gasteiger partial charge on any atom is 0.416 e. The van der Waals surface area contributed by atoms with Crippen LogP contribution < -0.4 is 0 Å². The van der Waals surface area contributed by atoms with Crippen molar-refractivity contribution in [2.45, 2.75) is 44.8 Å². The second kappa shape index (κ2) is 9.16. The van der Waals surface area contributed by atoms with Gasteiger partial charge in [-0.3, -0.25) is 9.80 Å². The number of hydrogen-bond acceptors (Lipinski definition) is 2. The first-order valence-electron chi connectivity index (χ1n) is 9.80. The maximum absolute atomic E-state index is 14.5. The summed E-state index contributed by atoms with van der Waals surface area (Å²) in [6.45, 7) is 2.96. The third-order valence-corrected chi connectivity index (χ3v) is 6.56. The van der Waals surface area contributed by atoms with Crippen molar-refractivity contribution in [3.05, 3.63) is 69.4 Å². The number of amides is 2. The third kappa shape index (κ3) is 4.87. The molecule has 2 amide bonds. The lowest BCUT2D eigenvalue weighted by Crippen LogP contribution is -2.54. The highest BCUT2D eigenvalue weighted by Crippen LogP contribution is 2.37. The van der Waals surface area contributed by atoms with Crippen LogP contribution in [0.15, 0.2) is 63.8 Å². The molecule has 2 aliphatic rings. The lowest BCUT2D eigenvalue weighted by atomic mass is 9.94. The highest BCUT2D eigenvalue weighted by molar-refractivity contribution is 9.11. The molecule has 31 heavy (non-hydrogen) atoms. The number of benzene rings is 1.